The molecule has 0 aliphatic rings. The van der Waals surface area contributed by atoms with Gasteiger partial charge in [-0.2, -0.15) is 0 Å². The number of hydrogen-bond acceptors (Lipinski definition) is 2. The Balaban J connectivity index is 2.26. The Labute approximate surface area is 96.1 Å². The third-order valence-corrected chi connectivity index (χ3v) is 1.98. The molecule has 1 amide bonds. The standard InChI is InChI=1S/C13H17NO2/c1-2-16-11-10-14-13(15)9-8-12-6-4-3-5-7-12/h3-9H,2,10-11H2,1H3,(H,14,15). The molecule has 0 aromatic heterocycles. The van der Waals surface area contributed by atoms with Crippen LogP contribution in [0.5, 0.6) is 0 Å². The maximum atomic E-state index is 11.3. The molecule has 0 heterocycles. The van der Waals surface area contributed by atoms with Crippen molar-refractivity contribution in [1.29, 1.82) is 0 Å². The van der Waals surface area contributed by atoms with Crippen LogP contribution in [0.1, 0.15) is 12.5 Å². The molecule has 3 heteroatoms. The van der Waals surface area contributed by atoms with Crippen LogP contribution < -0.4 is 5.32 Å². The van der Waals surface area contributed by atoms with Crippen molar-refractivity contribution in [3.63, 3.8) is 0 Å². The van der Waals surface area contributed by atoms with Gasteiger partial charge in [-0.1, -0.05) is 30.3 Å². The van der Waals surface area contributed by atoms with Gasteiger partial charge in [0.1, 0.15) is 0 Å². The summed E-state index contributed by atoms with van der Waals surface area (Å²) in [7, 11) is 0. The molecule has 3 nitrogen and oxygen atoms in total. The average molecular weight is 219 g/mol. The molecule has 0 spiro atoms. The molecule has 0 radical (unpaired) electrons. The summed E-state index contributed by atoms with van der Waals surface area (Å²) in [5.41, 5.74) is 1.02. The topological polar surface area (TPSA) is 38.3 Å². The van der Waals surface area contributed by atoms with Gasteiger partial charge in [0, 0.05) is 19.2 Å². The second-order valence-corrected chi connectivity index (χ2v) is 3.23. The lowest BCUT2D eigenvalue weighted by molar-refractivity contribution is -0.116. The average Bonchev–Trinajstić information content (AvgIpc) is 2.33. The Morgan fingerprint density at radius 2 is 2.12 bits per heavy atom. The van der Waals surface area contributed by atoms with Crippen molar-refractivity contribution in [1.82, 2.24) is 5.32 Å². The number of carbonyl (C=O) groups is 1. The van der Waals surface area contributed by atoms with E-state index in [1.807, 2.05) is 37.3 Å². The smallest absolute Gasteiger partial charge is 0.244 e. The van der Waals surface area contributed by atoms with E-state index in [-0.39, 0.29) is 5.91 Å². The predicted octanol–water partition coefficient (Wildman–Crippen LogP) is 1.85. The zero-order valence-electron chi connectivity index (χ0n) is 9.48. The van der Waals surface area contributed by atoms with Crippen LogP contribution in [0, 0.1) is 0 Å². The number of nitrogens with one attached hydrogen (secondary N) is 1. The quantitative estimate of drug-likeness (QED) is 0.585. The van der Waals surface area contributed by atoms with Crippen LogP contribution >= 0.6 is 0 Å². The minimum absolute atomic E-state index is 0.0939. The minimum Gasteiger partial charge on any atom is -0.380 e. The summed E-state index contributed by atoms with van der Waals surface area (Å²) >= 11 is 0. The highest BCUT2D eigenvalue weighted by molar-refractivity contribution is 5.91. The van der Waals surface area contributed by atoms with Crippen LogP contribution in [0.3, 0.4) is 0 Å². The van der Waals surface area contributed by atoms with Crippen LogP contribution in [0.15, 0.2) is 36.4 Å². The first kappa shape index (κ1) is 12.5. The molecule has 1 rings (SSSR count). The van der Waals surface area contributed by atoms with E-state index in [2.05, 4.69) is 5.32 Å². The Morgan fingerprint density at radius 3 is 2.81 bits per heavy atom. The molecule has 0 saturated carbocycles. The third-order valence-electron chi connectivity index (χ3n) is 1.98. The molecule has 0 bridgehead atoms. The Hall–Kier alpha value is -1.61. The molecule has 1 aromatic carbocycles. The molecule has 1 aromatic rings. The van der Waals surface area contributed by atoms with Crippen molar-refractivity contribution < 1.29 is 9.53 Å². The van der Waals surface area contributed by atoms with Gasteiger partial charge in [-0.25, -0.2) is 0 Å². The largest absolute Gasteiger partial charge is 0.380 e. The first-order chi connectivity index (χ1) is 7.83. The minimum atomic E-state index is -0.0939. The van der Waals surface area contributed by atoms with Crippen LogP contribution in [-0.2, 0) is 9.53 Å². The zero-order valence-corrected chi connectivity index (χ0v) is 9.48. The number of hydrogen-bond donors (Lipinski definition) is 1. The molecule has 0 aliphatic carbocycles. The number of carbonyl (C=O) groups excluding carboxylic acids is 1. The van der Waals surface area contributed by atoms with E-state index >= 15 is 0 Å². The van der Waals surface area contributed by atoms with Crippen LogP contribution in [0.2, 0.25) is 0 Å². The number of amides is 1. The third kappa shape index (κ3) is 5.32. The van der Waals surface area contributed by atoms with Crippen LogP contribution in [0.4, 0.5) is 0 Å². The van der Waals surface area contributed by atoms with Crippen molar-refractivity contribution in [3.05, 3.63) is 42.0 Å². The molecular formula is C13H17NO2. The Morgan fingerprint density at radius 1 is 1.38 bits per heavy atom. The summed E-state index contributed by atoms with van der Waals surface area (Å²) in [5.74, 6) is -0.0939. The van der Waals surface area contributed by atoms with Crippen molar-refractivity contribution in [2.75, 3.05) is 19.8 Å². The monoisotopic (exact) mass is 219 g/mol. The first-order valence-corrected chi connectivity index (χ1v) is 5.41. The molecule has 0 unspecified atom stereocenters. The number of benzene rings is 1. The molecule has 0 aliphatic heterocycles. The van der Waals surface area contributed by atoms with Crippen molar-refractivity contribution >= 4 is 12.0 Å². The van der Waals surface area contributed by atoms with Gasteiger partial charge in [0.15, 0.2) is 0 Å². The van der Waals surface area contributed by atoms with Crippen molar-refractivity contribution in [2.45, 2.75) is 6.92 Å². The normalized spacial score (nSPS) is 10.6. The van der Waals surface area contributed by atoms with Gasteiger partial charge >= 0.3 is 0 Å². The summed E-state index contributed by atoms with van der Waals surface area (Å²) in [6.45, 7) is 3.71. The Bertz CT molecular complexity index is 333. The van der Waals surface area contributed by atoms with E-state index in [0.717, 1.165) is 5.56 Å². The fourth-order valence-electron chi connectivity index (χ4n) is 1.19. The molecule has 86 valence electrons. The van der Waals surface area contributed by atoms with Crippen molar-refractivity contribution in [2.24, 2.45) is 0 Å². The van der Waals surface area contributed by atoms with E-state index < -0.39 is 0 Å². The predicted molar refractivity (Wildman–Crippen MR) is 65.0 cm³/mol. The highest BCUT2D eigenvalue weighted by atomic mass is 16.5. The van der Waals surface area contributed by atoms with E-state index in [1.54, 1.807) is 6.08 Å². The maximum Gasteiger partial charge on any atom is 0.244 e. The molecule has 1 N–H and O–H groups in total. The van der Waals surface area contributed by atoms with Crippen LogP contribution in [-0.4, -0.2) is 25.7 Å². The SMILES string of the molecule is CCOCCNC(=O)C=Cc1ccccc1. The van der Waals surface area contributed by atoms with Gasteiger partial charge in [0.25, 0.3) is 0 Å². The number of ether oxygens (including phenoxy) is 1. The van der Waals surface area contributed by atoms with E-state index in [0.29, 0.717) is 19.8 Å². The summed E-state index contributed by atoms with van der Waals surface area (Å²) in [6.07, 6.45) is 3.32. The fourth-order valence-corrected chi connectivity index (χ4v) is 1.19. The zero-order chi connectivity index (χ0) is 11.6. The highest BCUT2D eigenvalue weighted by Crippen LogP contribution is 2.00. The van der Waals surface area contributed by atoms with Gasteiger partial charge in [-0.3, -0.25) is 4.79 Å². The van der Waals surface area contributed by atoms with E-state index in [1.165, 1.54) is 6.08 Å². The lowest BCUT2D eigenvalue weighted by Gasteiger charge is -2.01. The summed E-state index contributed by atoms with van der Waals surface area (Å²) < 4.78 is 5.11. The van der Waals surface area contributed by atoms with Crippen molar-refractivity contribution in [3.8, 4) is 0 Å². The van der Waals surface area contributed by atoms with Gasteiger partial charge in [0.05, 0.1) is 6.61 Å². The molecule has 0 fully saturated rings. The highest BCUT2D eigenvalue weighted by Gasteiger charge is 1.93. The maximum absolute atomic E-state index is 11.3. The lowest BCUT2D eigenvalue weighted by atomic mass is 10.2. The molecular weight excluding hydrogens is 202 g/mol. The van der Waals surface area contributed by atoms with Gasteiger partial charge in [-0.05, 0) is 18.6 Å². The lowest BCUT2D eigenvalue weighted by Crippen LogP contribution is -2.25. The second-order valence-electron chi connectivity index (χ2n) is 3.23. The van der Waals surface area contributed by atoms with E-state index in [9.17, 15) is 4.79 Å². The van der Waals surface area contributed by atoms with Gasteiger partial charge in [0.2, 0.25) is 5.91 Å². The summed E-state index contributed by atoms with van der Waals surface area (Å²) in [6, 6.07) is 9.72. The first-order valence-electron chi connectivity index (χ1n) is 5.41. The van der Waals surface area contributed by atoms with Gasteiger partial charge < -0.3 is 10.1 Å². The summed E-state index contributed by atoms with van der Waals surface area (Å²) in [4.78, 5) is 11.3. The molecule has 0 atom stereocenters. The summed E-state index contributed by atoms with van der Waals surface area (Å²) in [5, 5.41) is 2.74. The molecule has 0 saturated heterocycles. The molecule has 16 heavy (non-hydrogen) atoms. The fraction of sp³-hybridized carbons (Fsp3) is 0.308. The van der Waals surface area contributed by atoms with Crippen LogP contribution in [0.25, 0.3) is 6.08 Å². The number of rotatable bonds is 6. The van der Waals surface area contributed by atoms with E-state index in [4.69, 9.17) is 4.74 Å². The Kier molecular flexibility index (Phi) is 5.96. The second kappa shape index (κ2) is 7.65. The van der Waals surface area contributed by atoms with Gasteiger partial charge in [-0.15, -0.1) is 0 Å².